The van der Waals surface area contributed by atoms with Gasteiger partial charge in [-0.3, -0.25) is 9.10 Å². The van der Waals surface area contributed by atoms with Crippen LogP contribution in [0.5, 0.6) is 5.75 Å². The van der Waals surface area contributed by atoms with Crippen LogP contribution >= 0.6 is 0 Å². The maximum Gasteiger partial charge on any atom is 0.232 e. The minimum Gasteiger partial charge on any atom is -0.492 e. The van der Waals surface area contributed by atoms with Gasteiger partial charge in [0.25, 0.3) is 0 Å². The summed E-state index contributed by atoms with van der Waals surface area (Å²) in [6.45, 7) is 6.05. The second-order valence-electron chi connectivity index (χ2n) is 5.21. The van der Waals surface area contributed by atoms with Gasteiger partial charge in [-0.15, -0.1) is 0 Å². The topological polar surface area (TPSA) is 75.7 Å². The first-order valence-corrected chi connectivity index (χ1v) is 9.09. The summed E-state index contributed by atoms with van der Waals surface area (Å²) in [5.41, 5.74) is 0.448. The fourth-order valence-corrected chi connectivity index (χ4v) is 2.93. The van der Waals surface area contributed by atoms with Crippen molar-refractivity contribution in [2.45, 2.75) is 33.2 Å². The molecule has 1 rings (SSSR count). The zero-order valence-corrected chi connectivity index (χ0v) is 14.3. The number of nitrogens with zero attached hydrogens (tertiary/aromatic N) is 1. The van der Waals surface area contributed by atoms with E-state index in [4.69, 9.17) is 4.74 Å². The molecule has 124 valence electrons. The molecule has 0 aliphatic carbocycles. The molecular formula is C15H24N2O4S. The monoisotopic (exact) mass is 328 g/mol. The summed E-state index contributed by atoms with van der Waals surface area (Å²) in [5, 5.41) is 2.75. The van der Waals surface area contributed by atoms with Crippen LogP contribution in [0, 0.1) is 0 Å². The SMILES string of the molecule is CCOc1ccccc1N(CCC(=O)NC(C)C)S(C)(=O)=O. The summed E-state index contributed by atoms with van der Waals surface area (Å²) in [4.78, 5) is 11.8. The minimum atomic E-state index is -3.51. The summed E-state index contributed by atoms with van der Waals surface area (Å²) in [5.74, 6) is 0.303. The Kier molecular flexibility index (Phi) is 6.67. The Hall–Kier alpha value is -1.76. The quantitative estimate of drug-likeness (QED) is 0.789. The van der Waals surface area contributed by atoms with E-state index in [2.05, 4.69) is 5.32 Å². The van der Waals surface area contributed by atoms with Crippen LogP contribution in [0.1, 0.15) is 27.2 Å². The van der Waals surface area contributed by atoms with Gasteiger partial charge in [-0.1, -0.05) is 12.1 Å². The van der Waals surface area contributed by atoms with Gasteiger partial charge in [0.15, 0.2) is 0 Å². The summed E-state index contributed by atoms with van der Waals surface area (Å²) in [6, 6.07) is 6.93. The van der Waals surface area contributed by atoms with Crippen molar-refractivity contribution >= 4 is 21.6 Å². The van der Waals surface area contributed by atoms with Gasteiger partial charge >= 0.3 is 0 Å². The second kappa shape index (κ2) is 8.03. The van der Waals surface area contributed by atoms with Crippen molar-refractivity contribution in [1.29, 1.82) is 0 Å². The number of hydrogen-bond donors (Lipinski definition) is 1. The summed E-state index contributed by atoms with van der Waals surface area (Å²) in [7, 11) is -3.51. The number of nitrogens with one attached hydrogen (secondary N) is 1. The number of carbonyl (C=O) groups is 1. The largest absolute Gasteiger partial charge is 0.492 e. The zero-order chi connectivity index (χ0) is 16.8. The molecule has 0 saturated heterocycles. The number of rotatable bonds is 8. The maximum absolute atomic E-state index is 12.1. The van der Waals surface area contributed by atoms with Crippen molar-refractivity contribution in [3.05, 3.63) is 24.3 Å². The number of sulfonamides is 1. The summed E-state index contributed by atoms with van der Waals surface area (Å²) >= 11 is 0. The Morgan fingerprint density at radius 2 is 1.95 bits per heavy atom. The van der Waals surface area contributed by atoms with E-state index in [9.17, 15) is 13.2 Å². The molecule has 0 aliphatic heterocycles. The molecule has 0 fully saturated rings. The smallest absolute Gasteiger partial charge is 0.232 e. The fourth-order valence-electron chi connectivity index (χ4n) is 2.00. The van der Waals surface area contributed by atoms with Crippen LogP contribution in [0.4, 0.5) is 5.69 Å². The fraction of sp³-hybridized carbons (Fsp3) is 0.533. The third kappa shape index (κ3) is 5.55. The number of para-hydroxylation sites is 2. The van der Waals surface area contributed by atoms with Crippen molar-refractivity contribution < 1.29 is 17.9 Å². The van der Waals surface area contributed by atoms with Crippen molar-refractivity contribution in [1.82, 2.24) is 5.32 Å². The first-order valence-electron chi connectivity index (χ1n) is 7.24. The van der Waals surface area contributed by atoms with Gasteiger partial charge in [-0.25, -0.2) is 8.42 Å². The van der Waals surface area contributed by atoms with Crippen LogP contribution < -0.4 is 14.4 Å². The molecule has 1 aromatic carbocycles. The third-order valence-corrected chi connectivity index (χ3v) is 4.01. The third-order valence-electron chi connectivity index (χ3n) is 2.83. The lowest BCUT2D eigenvalue weighted by Gasteiger charge is -2.24. The molecule has 1 amide bonds. The zero-order valence-electron chi connectivity index (χ0n) is 13.5. The molecule has 0 radical (unpaired) electrons. The van der Waals surface area contributed by atoms with Crippen LogP contribution in [0.2, 0.25) is 0 Å². The average Bonchev–Trinajstić information content (AvgIpc) is 2.38. The Morgan fingerprint density at radius 3 is 2.50 bits per heavy atom. The first kappa shape index (κ1) is 18.3. The molecular weight excluding hydrogens is 304 g/mol. The first-order chi connectivity index (χ1) is 10.3. The number of benzene rings is 1. The molecule has 0 spiro atoms. The number of anilines is 1. The molecule has 0 bridgehead atoms. The predicted molar refractivity (Wildman–Crippen MR) is 87.7 cm³/mol. The van der Waals surface area contributed by atoms with Crippen LogP contribution in [-0.4, -0.2) is 39.8 Å². The molecule has 0 atom stereocenters. The molecule has 6 nitrogen and oxygen atoms in total. The molecule has 22 heavy (non-hydrogen) atoms. The molecule has 0 saturated carbocycles. The lowest BCUT2D eigenvalue weighted by atomic mass is 10.2. The van der Waals surface area contributed by atoms with Crippen LogP contribution in [0.3, 0.4) is 0 Å². The lowest BCUT2D eigenvalue weighted by Crippen LogP contribution is -2.36. The van der Waals surface area contributed by atoms with Gasteiger partial charge in [0, 0.05) is 19.0 Å². The van der Waals surface area contributed by atoms with Gasteiger partial charge in [-0.05, 0) is 32.9 Å². The van der Waals surface area contributed by atoms with Crippen molar-refractivity contribution in [2.75, 3.05) is 23.7 Å². The summed E-state index contributed by atoms with van der Waals surface area (Å²) < 4.78 is 30.8. The Morgan fingerprint density at radius 1 is 1.32 bits per heavy atom. The highest BCUT2D eigenvalue weighted by Gasteiger charge is 2.21. The standard InChI is InChI=1S/C15H24N2O4S/c1-5-21-14-9-7-6-8-13(14)17(22(4,19)20)11-10-15(18)16-12(2)3/h6-9,12H,5,10-11H2,1-4H3,(H,16,18). The van der Waals surface area contributed by atoms with Crippen molar-refractivity contribution in [3.63, 3.8) is 0 Å². The highest BCUT2D eigenvalue weighted by atomic mass is 32.2. The van der Waals surface area contributed by atoms with E-state index < -0.39 is 10.0 Å². The van der Waals surface area contributed by atoms with E-state index in [1.54, 1.807) is 24.3 Å². The number of ether oxygens (including phenoxy) is 1. The average molecular weight is 328 g/mol. The van der Waals surface area contributed by atoms with E-state index in [1.165, 1.54) is 4.31 Å². The van der Waals surface area contributed by atoms with E-state index in [0.717, 1.165) is 6.26 Å². The molecule has 1 N–H and O–H groups in total. The van der Waals surface area contributed by atoms with Crippen LogP contribution in [0.15, 0.2) is 24.3 Å². The van der Waals surface area contributed by atoms with E-state index in [0.29, 0.717) is 18.0 Å². The van der Waals surface area contributed by atoms with Crippen LogP contribution in [-0.2, 0) is 14.8 Å². The van der Waals surface area contributed by atoms with E-state index in [1.807, 2.05) is 20.8 Å². The van der Waals surface area contributed by atoms with Crippen molar-refractivity contribution in [2.24, 2.45) is 0 Å². The van der Waals surface area contributed by atoms with Gasteiger partial charge in [-0.2, -0.15) is 0 Å². The summed E-state index contributed by atoms with van der Waals surface area (Å²) in [6.07, 6.45) is 1.21. The molecule has 1 aromatic rings. The normalized spacial score (nSPS) is 11.3. The number of carbonyl (C=O) groups excluding carboxylic acids is 1. The van der Waals surface area contributed by atoms with Gasteiger partial charge < -0.3 is 10.1 Å². The highest BCUT2D eigenvalue weighted by Crippen LogP contribution is 2.29. The van der Waals surface area contributed by atoms with Crippen molar-refractivity contribution in [3.8, 4) is 5.75 Å². The number of hydrogen-bond acceptors (Lipinski definition) is 4. The highest BCUT2D eigenvalue weighted by molar-refractivity contribution is 7.92. The lowest BCUT2D eigenvalue weighted by molar-refractivity contribution is -0.121. The molecule has 0 aliphatic rings. The van der Waals surface area contributed by atoms with E-state index in [-0.39, 0.29) is 24.9 Å². The maximum atomic E-state index is 12.1. The molecule has 0 aromatic heterocycles. The Balaban J connectivity index is 2.98. The van der Waals surface area contributed by atoms with E-state index >= 15 is 0 Å². The van der Waals surface area contributed by atoms with Gasteiger partial charge in [0.2, 0.25) is 15.9 Å². The van der Waals surface area contributed by atoms with Crippen LogP contribution in [0.25, 0.3) is 0 Å². The molecule has 7 heteroatoms. The second-order valence-corrected chi connectivity index (χ2v) is 7.11. The van der Waals surface area contributed by atoms with Gasteiger partial charge in [0.1, 0.15) is 5.75 Å². The Labute approximate surface area is 132 Å². The Bertz CT molecular complexity index is 599. The molecule has 0 unspecified atom stereocenters. The molecule has 0 heterocycles. The predicted octanol–water partition coefficient (Wildman–Crippen LogP) is 1.77. The minimum absolute atomic E-state index is 0.0231. The van der Waals surface area contributed by atoms with Gasteiger partial charge in [0.05, 0.1) is 18.6 Å². The number of amides is 1.